The predicted octanol–water partition coefficient (Wildman–Crippen LogP) is 2.83. The molecule has 0 amide bonds. The van der Waals surface area contributed by atoms with Crippen LogP contribution in [-0.2, 0) is 0 Å². The third kappa shape index (κ3) is 2.57. The Kier molecular flexibility index (Phi) is 3.30. The van der Waals surface area contributed by atoms with E-state index in [1.807, 2.05) is 0 Å². The lowest BCUT2D eigenvalue weighted by Gasteiger charge is -2.04. The number of aromatic nitrogens is 3. The molecule has 108 valence electrons. The van der Waals surface area contributed by atoms with E-state index >= 15 is 0 Å². The molecule has 0 atom stereocenters. The Morgan fingerprint density at radius 3 is 2.76 bits per heavy atom. The molecule has 1 N–H and O–H groups in total. The minimum absolute atomic E-state index is 0.212. The molecule has 0 fully saturated rings. The van der Waals surface area contributed by atoms with E-state index in [-0.39, 0.29) is 11.5 Å². The van der Waals surface area contributed by atoms with Crippen LogP contribution in [0.4, 0.5) is 8.78 Å². The number of H-pyrrole nitrogens is 1. The standard InChI is InChI=1S/C12H6ClF2N3O3/c13-6-2-1-5(10-9(6)18-12(19)21-10)7-3-17-8(4-16-7)20-11(14)15/h1-4,11H,(H,18,19). The third-order valence-corrected chi connectivity index (χ3v) is 2.96. The summed E-state index contributed by atoms with van der Waals surface area (Å²) in [5.41, 5.74) is 1.31. The van der Waals surface area contributed by atoms with Gasteiger partial charge in [0.25, 0.3) is 0 Å². The maximum atomic E-state index is 12.0. The van der Waals surface area contributed by atoms with Crippen LogP contribution in [0.3, 0.4) is 0 Å². The highest BCUT2D eigenvalue weighted by Gasteiger charge is 2.14. The number of oxazole rings is 1. The minimum atomic E-state index is -2.98. The molecule has 0 unspecified atom stereocenters. The molecular weight excluding hydrogens is 308 g/mol. The van der Waals surface area contributed by atoms with Crippen LogP contribution in [0.1, 0.15) is 0 Å². The molecule has 9 heteroatoms. The van der Waals surface area contributed by atoms with Gasteiger partial charge in [0.15, 0.2) is 5.58 Å². The quantitative estimate of drug-likeness (QED) is 0.804. The predicted molar refractivity (Wildman–Crippen MR) is 69.5 cm³/mol. The molecule has 21 heavy (non-hydrogen) atoms. The molecule has 3 rings (SSSR count). The first kappa shape index (κ1) is 13.5. The first-order chi connectivity index (χ1) is 10.0. The number of rotatable bonds is 3. The second kappa shape index (κ2) is 5.13. The van der Waals surface area contributed by atoms with Crippen molar-refractivity contribution in [1.29, 1.82) is 0 Å². The van der Waals surface area contributed by atoms with Crippen molar-refractivity contribution >= 4 is 22.7 Å². The van der Waals surface area contributed by atoms with Gasteiger partial charge in [0.2, 0.25) is 5.88 Å². The lowest BCUT2D eigenvalue weighted by molar-refractivity contribution is -0.0530. The van der Waals surface area contributed by atoms with Gasteiger partial charge < -0.3 is 9.15 Å². The molecule has 0 aliphatic heterocycles. The second-order valence-corrected chi connectivity index (χ2v) is 4.34. The van der Waals surface area contributed by atoms with Crippen molar-refractivity contribution in [2.24, 2.45) is 0 Å². The van der Waals surface area contributed by atoms with Crippen LogP contribution in [0.15, 0.2) is 33.7 Å². The molecule has 6 nitrogen and oxygen atoms in total. The topological polar surface area (TPSA) is 81.0 Å². The molecule has 1 aromatic carbocycles. The Labute approximate surface area is 120 Å². The fraction of sp³-hybridized carbons (Fsp3) is 0.0833. The van der Waals surface area contributed by atoms with Gasteiger partial charge in [-0.15, -0.1) is 0 Å². The van der Waals surface area contributed by atoms with Crippen molar-refractivity contribution in [2.75, 3.05) is 0 Å². The first-order valence-electron chi connectivity index (χ1n) is 5.63. The molecule has 0 bridgehead atoms. The number of nitrogens with one attached hydrogen (secondary N) is 1. The molecule has 2 heterocycles. The fourth-order valence-electron chi connectivity index (χ4n) is 1.81. The SMILES string of the molecule is O=c1[nH]c2c(Cl)ccc(-c3cnc(OC(F)F)cn3)c2o1. The zero-order valence-corrected chi connectivity index (χ0v) is 10.9. The molecule has 0 spiro atoms. The highest BCUT2D eigenvalue weighted by Crippen LogP contribution is 2.30. The molecular formula is C12H6ClF2N3O3. The summed E-state index contributed by atoms with van der Waals surface area (Å²) in [4.78, 5) is 21.4. The van der Waals surface area contributed by atoms with Crippen LogP contribution >= 0.6 is 11.6 Å². The van der Waals surface area contributed by atoms with Gasteiger partial charge in [-0.25, -0.2) is 14.8 Å². The molecule has 0 aliphatic carbocycles. The number of ether oxygens (including phenoxy) is 1. The molecule has 0 saturated heterocycles. The largest absolute Gasteiger partial charge is 0.417 e. The van der Waals surface area contributed by atoms with Gasteiger partial charge in [-0.1, -0.05) is 11.6 Å². The van der Waals surface area contributed by atoms with Crippen LogP contribution in [0.2, 0.25) is 5.02 Å². The number of hydrogen-bond donors (Lipinski definition) is 1. The van der Waals surface area contributed by atoms with Crippen molar-refractivity contribution in [3.05, 3.63) is 40.1 Å². The molecule has 2 aromatic heterocycles. The fourth-order valence-corrected chi connectivity index (χ4v) is 2.01. The molecule has 0 radical (unpaired) electrons. The van der Waals surface area contributed by atoms with Gasteiger partial charge in [0.1, 0.15) is 5.52 Å². The van der Waals surface area contributed by atoms with Crippen LogP contribution in [0.25, 0.3) is 22.4 Å². The van der Waals surface area contributed by atoms with E-state index in [4.69, 9.17) is 16.0 Å². The van der Waals surface area contributed by atoms with Gasteiger partial charge >= 0.3 is 12.4 Å². The van der Waals surface area contributed by atoms with Gasteiger partial charge in [0, 0.05) is 5.56 Å². The minimum Gasteiger partial charge on any atom is -0.415 e. The number of nitrogens with zero attached hydrogens (tertiary/aromatic N) is 2. The summed E-state index contributed by atoms with van der Waals surface area (Å²) in [5, 5.41) is 0.310. The number of benzene rings is 1. The Hall–Kier alpha value is -2.48. The van der Waals surface area contributed by atoms with E-state index in [1.54, 1.807) is 12.1 Å². The Morgan fingerprint density at radius 2 is 2.10 bits per heavy atom. The number of hydrogen-bond acceptors (Lipinski definition) is 5. The van der Waals surface area contributed by atoms with Crippen LogP contribution in [-0.4, -0.2) is 21.6 Å². The average molecular weight is 314 g/mol. The molecule has 3 aromatic rings. The van der Waals surface area contributed by atoms with Crippen molar-refractivity contribution in [2.45, 2.75) is 6.61 Å². The van der Waals surface area contributed by atoms with E-state index in [9.17, 15) is 13.6 Å². The van der Waals surface area contributed by atoms with Gasteiger partial charge in [-0.2, -0.15) is 8.78 Å². The van der Waals surface area contributed by atoms with E-state index in [0.29, 0.717) is 21.8 Å². The summed E-state index contributed by atoms with van der Waals surface area (Å²) < 4.78 is 33.2. The zero-order chi connectivity index (χ0) is 15.0. The van der Waals surface area contributed by atoms with Crippen LogP contribution in [0.5, 0.6) is 5.88 Å². The summed E-state index contributed by atoms with van der Waals surface area (Å²) >= 11 is 5.94. The average Bonchev–Trinajstić information content (AvgIpc) is 2.82. The van der Waals surface area contributed by atoms with Crippen molar-refractivity contribution < 1.29 is 17.9 Å². The molecule has 0 saturated carbocycles. The lowest BCUT2D eigenvalue weighted by atomic mass is 10.1. The van der Waals surface area contributed by atoms with Gasteiger partial charge in [-0.3, -0.25) is 4.98 Å². The summed E-state index contributed by atoms with van der Waals surface area (Å²) in [6.45, 7) is -2.98. The van der Waals surface area contributed by atoms with Crippen molar-refractivity contribution in [1.82, 2.24) is 15.0 Å². The number of fused-ring (bicyclic) bond motifs is 1. The third-order valence-electron chi connectivity index (χ3n) is 2.64. The second-order valence-electron chi connectivity index (χ2n) is 3.93. The van der Waals surface area contributed by atoms with Gasteiger partial charge in [-0.05, 0) is 12.1 Å². The first-order valence-corrected chi connectivity index (χ1v) is 6.01. The van der Waals surface area contributed by atoms with Crippen molar-refractivity contribution in [3.8, 4) is 17.1 Å². The number of alkyl halides is 2. The maximum absolute atomic E-state index is 12.0. The summed E-state index contributed by atoms with van der Waals surface area (Å²) in [7, 11) is 0. The summed E-state index contributed by atoms with van der Waals surface area (Å²) in [5.74, 6) is -0.973. The highest BCUT2D eigenvalue weighted by atomic mass is 35.5. The maximum Gasteiger partial charge on any atom is 0.417 e. The smallest absolute Gasteiger partial charge is 0.415 e. The van der Waals surface area contributed by atoms with Crippen molar-refractivity contribution in [3.63, 3.8) is 0 Å². The van der Waals surface area contributed by atoms with E-state index in [1.165, 1.54) is 6.20 Å². The van der Waals surface area contributed by atoms with E-state index in [0.717, 1.165) is 6.20 Å². The normalized spacial score (nSPS) is 11.2. The summed E-state index contributed by atoms with van der Waals surface area (Å²) in [6, 6.07) is 3.13. The van der Waals surface area contributed by atoms with Crippen LogP contribution < -0.4 is 10.5 Å². The van der Waals surface area contributed by atoms with E-state index < -0.39 is 12.4 Å². The monoisotopic (exact) mass is 313 g/mol. The lowest BCUT2D eigenvalue weighted by Crippen LogP contribution is -2.03. The number of aromatic amines is 1. The Bertz CT molecular complexity index is 845. The Morgan fingerprint density at radius 1 is 1.29 bits per heavy atom. The highest BCUT2D eigenvalue weighted by molar-refractivity contribution is 6.35. The van der Waals surface area contributed by atoms with Crippen LogP contribution in [0, 0.1) is 0 Å². The Balaban J connectivity index is 2.08. The zero-order valence-electron chi connectivity index (χ0n) is 10.1. The number of halogens is 3. The van der Waals surface area contributed by atoms with Gasteiger partial charge in [0.05, 0.1) is 23.1 Å². The van der Waals surface area contributed by atoms with E-state index in [2.05, 4.69) is 19.7 Å². The molecule has 0 aliphatic rings. The summed E-state index contributed by atoms with van der Waals surface area (Å²) in [6.07, 6.45) is 2.28.